The molecule has 2 aromatic rings. The summed E-state index contributed by atoms with van der Waals surface area (Å²) in [5.74, 6) is -0.0979. The lowest BCUT2D eigenvalue weighted by atomic mass is 10.1. The van der Waals surface area contributed by atoms with Gasteiger partial charge in [-0.15, -0.1) is 0 Å². The molecule has 0 saturated carbocycles. The van der Waals surface area contributed by atoms with Gasteiger partial charge in [-0.1, -0.05) is 18.2 Å². The van der Waals surface area contributed by atoms with Gasteiger partial charge in [-0.3, -0.25) is 9.48 Å². The van der Waals surface area contributed by atoms with E-state index in [0.29, 0.717) is 11.1 Å². The van der Waals surface area contributed by atoms with Gasteiger partial charge in [0, 0.05) is 12.2 Å². The van der Waals surface area contributed by atoms with Crippen molar-refractivity contribution in [3.8, 4) is 6.07 Å². The van der Waals surface area contributed by atoms with Gasteiger partial charge >= 0.3 is 0 Å². The van der Waals surface area contributed by atoms with Crippen LogP contribution in [-0.4, -0.2) is 15.6 Å². The van der Waals surface area contributed by atoms with Crippen molar-refractivity contribution in [1.82, 2.24) is 9.78 Å². The Labute approximate surface area is 118 Å². The number of allylic oxidation sites excluding steroid dienone is 1. The fourth-order valence-electron chi connectivity index (χ4n) is 1.73. The number of nitriles is 1. The van der Waals surface area contributed by atoms with Gasteiger partial charge in [-0.2, -0.15) is 10.4 Å². The van der Waals surface area contributed by atoms with Crippen LogP contribution in [0.1, 0.15) is 41.4 Å². The lowest BCUT2D eigenvalue weighted by Crippen LogP contribution is -2.00. The van der Waals surface area contributed by atoms with Crippen molar-refractivity contribution in [3.05, 3.63) is 59.4 Å². The number of rotatable bonds is 4. The van der Waals surface area contributed by atoms with Crippen LogP contribution in [0.25, 0.3) is 6.08 Å². The van der Waals surface area contributed by atoms with Crippen molar-refractivity contribution in [2.75, 3.05) is 0 Å². The van der Waals surface area contributed by atoms with Crippen LogP contribution in [0.5, 0.6) is 0 Å². The Kier molecular flexibility index (Phi) is 4.11. The predicted octanol–water partition coefficient (Wildman–Crippen LogP) is 3.23. The topological polar surface area (TPSA) is 58.7 Å². The number of ketones is 1. The Morgan fingerprint density at radius 2 is 2.25 bits per heavy atom. The van der Waals surface area contributed by atoms with E-state index in [1.807, 2.05) is 19.9 Å². The molecule has 1 aromatic heterocycles. The molecule has 2 rings (SSSR count). The second kappa shape index (κ2) is 5.98. The summed E-state index contributed by atoms with van der Waals surface area (Å²) < 4.78 is 1.75. The molecule has 0 unspecified atom stereocenters. The summed E-state index contributed by atoms with van der Waals surface area (Å²) in [7, 11) is 0. The van der Waals surface area contributed by atoms with Crippen LogP contribution in [0.4, 0.5) is 0 Å². The maximum Gasteiger partial charge on any atom is 0.189 e. The van der Waals surface area contributed by atoms with Crippen molar-refractivity contribution in [3.63, 3.8) is 0 Å². The fraction of sp³-hybridized carbons (Fsp3) is 0.188. The molecule has 20 heavy (non-hydrogen) atoms. The van der Waals surface area contributed by atoms with E-state index in [9.17, 15) is 4.79 Å². The maximum absolute atomic E-state index is 12.0. The average molecular weight is 265 g/mol. The molecule has 0 fully saturated rings. The number of hydrogen-bond donors (Lipinski definition) is 0. The number of nitrogens with zero attached hydrogens (tertiary/aromatic N) is 3. The molecular formula is C16H15N3O. The van der Waals surface area contributed by atoms with Gasteiger partial charge in [-0.05, 0) is 37.6 Å². The third-order valence-corrected chi connectivity index (χ3v) is 2.86. The van der Waals surface area contributed by atoms with Gasteiger partial charge in [0.1, 0.15) is 0 Å². The Hall–Kier alpha value is -2.67. The van der Waals surface area contributed by atoms with Crippen molar-refractivity contribution in [2.24, 2.45) is 0 Å². The van der Waals surface area contributed by atoms with Gasteiger partial charge in [0.15, 0.2) is 5.78 Å². The third kappa shape index (κ3) is 3.21. The van der Waals surface area contributed by atoms with E-state index < -0.39 is 0 Å². The number of aromatic nitrogens is 2. The first-order valence-corrected chi connectivity index (χ1v) is 6.37. The van der Waals surface area contributed by atoms with Crippen LogP contribution in [0, 0.1) is 11.3 Å². The van der Waals surface area contributed by atoms with Crippen molar-refractivity contribution >= 4 is 11.9 Å². The van der Waals surface area contributed by atoms with Gasteiger partial charge in [-0.25, -0.2) is 0 Å². The van der Waals surface area contributed by atoms with Crippen LogP contribution in [0.3, 0.4) is 0 Å². The zero-order valence-electron chi connectivity index (χ0n) is 11.4. The summed E-state index contributed by atoms with van der Waals surface area (Å²) >= 11 is 0. The minimum atomic E-state index is -0.0979. The van der Waals surface area contributed by atoms with E-state index in [1.165, 1.54) is 6.08 Å². The fourth-order valence-corrected chi connectivity index (χ4v) is 1.73. The summed E-state index contributed by atoms with van der Waals surface area (Å²) in [6.45, 7) is 4.01. The van der Waals surface area contributed by atoms with E-state index in [-0.39, 0.29) is 11.8 Å². The Morgan fingerprint density at radius 3 is 2.90 bits per heavy atom. The van der Waals surface area contributed by atoms with Gasteiger partial charge < -0.3 is 0 Å². The zero-order valence-corrected chi connectivity index (χ0v) is 11.4. The van der Waals surface area contributed by atoms with Crippen molar-refractivity contribution < 1.29 is 4.79 Å². The highest BCUT2D eigenvalue weighted by Crippen LogP contribution is 2.09. The van der Waals surface area contributed by atoms with Gasteiger partial charge in [0.05, 0.1) is 23.4 Å². The summed E-state index contributed by atoms with van der Waals surface area (Å²) in [5.41, 5.74) is 1.97. The first-order chi connectivity index (χ1) is 9.60. The van der Waals surface area contributed by atoms with Crippen LogP contribution in [0.15, 0.2) is 42.7 Å². The molecule has 4 heteroatoms. The summed E-state index contributed by atoms with van der Waals surface area (Å²) in [5, 5.41) is 13.0. The van der Waals surface area contributed by atoms with Crippen LogP contribution in [0.2, 0.25) is 0 Å². The van der Waals surface area contributed by atoms with E-state index in [1.54, 1.807) is 41.4 Å². The first-order valence-electron chi connectivity index (χ1n) is 6.37. The van der Waals surface area contributed by atoms with Crippen molar-refractivity contribution in [2.45, 2.75) is 19.9 Å². The molecule has 0 N–H and O–H groups in total. The van der Waals surface area contributed by atoms with Crippen LogP contribution >= 0.6 is 0 Å². The Balaban J connectivity index is 2.14. The lowest BCUT2D eigenvalue weighted by Gasteiger charge is -2.02. The quantitative estimate of drug-likeness (QED) is 0.630. The Morgan fingerprint density at radius 1 is 1.45 bits per heavy atom. The minimum absolute atomic E-state index is 0.0979. The van der Waals surface area contributed by atoms with Crippen LogP contribution < -0.4 is 0 Å². The molecule has 0 bridgehead atoms. The molecule has 0 atom stereocenters. The van der Waals surface area contributed by atoms with E-state index in [2.05, 4.69) is 11.2 Å². The highest BCUT2D eigenvalue weighted by atomic mass is 16.1. The highest BCUT2D eigenvalue weighted by molar-refractivity contribution is 6.06. The molecule has 0 spiro atoms. The van der Waals surface area contributed by atoms with E-state index >= 15 is 0 Å². The van der Waals surface area contributed by atoms with Gasteiger partial charge in [0.25, 0.3) is 0 Å². The molecule has 0 radical (unpaired) electrons. The normalized spacial score (nSPS) is 10.9. The number of carbonyl (C=O) groups is 1. The number of carbonyl (C=O) groups excluding carboxylic acids is 1. The largest absolute Gasteiger partial charge is 0.289 e. The summed E-state index contributed by atoms with van der Waals surface area (Å²) in [6, 6.07) is 9.41. The molecule has 100 valence electrons. The van der Waals surface area contributed by atoms with Gasteiger partial charge in [0.2, 0.25) is 0 Å². The zero-order chi connectivity index (χ0) is 14.5. The second-order valence-corrected chi connectivity index (χ2v) is 4.74. The monoisotopic (exact) mass is 265 g/mol. The molecule has 4 nitrogen and oxygen atoms in total. The highest BCUT2D eigenvalue weighted by Gasteiger charge is 2.06. The summed E-state index contributed by atoms with van der Waals surface area (Å²) in [6.07, 6.45) is 6.51. The van der Waals surface area contributed by atoms with Crippen LogP contribution in [-0.2, 0) is 0 Å². The van der Waals surface area contributed by atoms with E-state index in [0.717, 1.165) is 5.56 Å². The number of benzene rings is 1. The second-order valence-electron chi connectivity index (χ2n) is 4.74. The Bertz CT molecular complexity index is 690. The number of hydrogen-bond acceptors (Lipinski definition) is 3. The first kappa shape index (κ1) is 13.8. The molecule has 0 amide bonds. The van der Waals surface area contributed by atoms with Crippen molar-refractivity contribution in [1.29, 1.82) is 5.26 Å². The summed E-state index contributed by atoms with van der Waals surface area (Å²) in [4.78, 5) is 12.0. The third-order valence-electron chi connectivity index (χ3n) is 2.86. The molecule has 0 aliphatic heterocycles. The standard InChI is InChI=1S/C16H15N3O/c1-12(2)19-11-15(10-18-19)16(20)7-6-13-4-3-5-14(8-13)9-17/h3-8,10-12H,1-2H3/b7-6+. The van der Waals surface area contributed by atoms with E-state index in [4.69, 9.17) is 5.26 Å². The molecule has 0 aliphatic rings. The average Bonchev–Trinajstić information content (AvgIpc) is 2.95. The molecule has 0 saturated heterocycles. The smallest absolute Gasteiger partial charge is 0.189 e. The molecule has 0 aliphatic carbocycles. The minimum Gasteiger partial charge on any atom is -0.289 e. The molecule has 1 aromatic carbocycles. The lowest BCUT2D eigenvalue weighted by molar-refractivity contribution is 0.104. The predicted molar refractivity (Wildman–Crippen MR) is 77.1 cm³/mol. The SMILES string of the molecule is CC(C)n1cc(C(=O)/C=C/c2cccc(C#N)c2)cn1. The molecule has 1 heterocycles. The maximum atomic E-state index is 12.0. The molecular weight excluding hydrogens is 250 g/mol.